The summed E-state index contributed by atoms with van der Waals surface area (Å²) in [5, 5.41) is 6.47. The Bertz CT molecular complexity index is 287. The molecular weight excluding hydrogens is 264 g/mol. The van der Waals surface area contributed by atoms with Crippen molar-refractivity contribution in [3.63, 3.8) is 0 Å². The van der Waals surface area contributed by atoms with E-state index < -0.39 is 5.60 Å². The number of carbonyl (C=O) groups excluding carboxylic acids is 1. The number of nitrogens with one attached hydrogen (secondary N) is 2. The van der Waals surface area contributed by atoms with Crippen molar-refractivity contribution in [1.82, 2.24) is 10.6 Å². The van der Waals surface area contributed by atoms with Crippen LogP contribution >= 0.6 is 12.4 Å². The molecule has 1 heterocycles. The Morgan fingerprint density at radius 2 is 1.89 bits per heavy atom. The highest BCUT2D eigenvalue weighted by Gasteiger charge is 2.40. The number of piperidine rings is 1. The molecule has 0 aromatic carbocycles. The first-order valence-electron chi connectivity index (χ1n) is 7.25. The Balaban J connectivity index is 0.00000180. The molecule has 1 unspecified atom stereocenters. The van der Waals surface area contributed by atoms with E-state index in [4.69, 9.17) is 4.74 Å². The number of amides is 1. The van der Waals surface area contributed by atoms with Gasteiger partial charge in [0.05, 0.1) is 0 Å². The topological polar surface area (TPSA) is 50.4 Å². The van der Waals surface area contributed by atoms with Crippen LogP contribution in [0.25, 0.3) is 0 Å². The van der Waals surface area contributed by atoms with Crippen LogP contribution in [-0.2, 0) is 9.53 Å². The van der Waals surface area contributed by atoms with Gasteiger partial charge >= 0.3 is 0 Å². The molecular formula is C14H27ClN2O2. The third-order valence-corrected chi connectivity index (χ3v) is 4.68. The highest BCUT2D eigenvalue weighted by molar-refractivity contribution is 5.85. The molecule has 0 aromatic rings. The van der Waals surface area contributed by atoms with E-state index in [1.54, 1.807) is 7.11 Å². The minimum atomic E-state index is -0.599. The molecule has 0 spiro atoms. The Hall–Kier alpha value is -0.320. The van der Waals surface area contributed by atoms with Crippen LogP contribution < -0.4 is 10.6 Å². The molecule has 112 valence electrons. The SMILES string of the molecule is COC1(C(=O)NC(C)C2CCCC2)CCNCC1.Cl. The first-order chi connectivity index (χ1) is 8.68. The molecule has 0 aromatic heterocycles. The zero-order valence-electron chi connectivity index (χ0n) is 12.0. The summed E-state index contributed by atoms with van der Waals surface area (Å²) in [6.07, 6.45) is 6.67. The van der Waals surface area contributed by atoms with Gasteiger partial charge in [0.25, 0.3) is 5.91 Å². The van der Waals surface area contributed by atoms with E-state index in [2.05, 4.69) is 17.6 Å². The van der Waals surface area contributed by atoms with Crippen molar-refractivity contribution in [3.8, 4) is 0 Å². The second-order valence-electron chi connectivity index (χ2n) is 5.76. The summed E-state index contributed by atoms with van der Waals surface area (Å²) < 4.78 is 5.55. The summed E-state index contributed by atoms with van der Waals surface area (Å²) in [4.78, 5) is 12.5. The minimum absolute atomic E-state index is 0. The van der Waals surface area contributed by atoms with Crippen LogP contribution in [0.5, 0.6) is 0 Å². The fourth-order valence-corrected chi connectivity index (χ4v) is 3.27. The molecule has 1 amide bonds. The molecule has 4 nitrogen and oxygen atoms in total. The van der Waals surface area contributed by atoms with E-state index in [9.17, 15) is 4.79 Å². The zero-order chi connectivity index (χ0) is 13.0. The highest BCUT2D eigenvalue weighted by atomic mass is 35.5. The molecule has 1 saturated heterocycles. The maximum absolute atomic E-state index is 12.5. The van der Waals surface area contributed by atoms with Crippen LogP contribution in [0.15, 0.2) is 0 Å². The number of hydrogen-bond acceptors (Lipinski definition) is 3. The molecule has 2 rings (SSSR count). The summed E-state index contributed by atoms with van der Waals surface area (Å²) in [7, 11) is 1.66. The Labute approximate surface area is 122 Å². The fourth-order valence-electron chi connectivity index (χ4n) is 3.27. The monoisotopic (exact) mass is 290 g/mol. The standard InChI is InChI=1S/C14H26N2O2.ClH/c1-11(12-5-3-4-6-12)16-13(17)14(18-2)7-9-15-10-8-14;/h11-12,15H,3-10H2,1-2H3,(H,16,17);1H. The third kappa shape index (κ3) is 3.83. The first kappa shape index (κ1) is 16.7. The lowest BCUT2D eigenvalue weighted by atomic mass is 9.90. The lowest BCUT2D eigenvalue weighted by Gasteiger charge is -2.36. The van der Waals surface area contributed by atoms with E-state index in [-0.39, 0.29) is 24.4 Å². The highest BCUT2D eigenvalue weighted by Crippen LogP contribution is 2.29. The van der Waals surface area contributed by atoms with Gasteiger partial charge in [-0.25, -0.2) is 0 Å². The van der Waals surface area contributed by atoms with E-state index in [0.29, 0.717) is 5.92 Å². The number of hydrogen-bond donors (Lipinski definition) is 2. The third-order valence-electron chi connectivity index (χ3n) is 4.68. The first-order valence-corrected chi connectivity index (χ1v) is 7.25. The summed E-state index contributed by atoms with van der Waals surface area (Å²) in [5.74, 6) is 0.746. The van der Waals surface area contributed by atoms with Crippen LogP contribution in [-0.4, -0.2) is 37.7 Å². The Morgan fingerprint density at radius 3 is 2.42 bits per heavy atom. The maximum Gasteiger partial charge on any atom is 0.252 e. The Kier molecular flexibility index (Phi) is 6.57. The summed E-state index contributed by atoms with van der Waals surface area (Å²) >= 11 is 0. The van der Waals surface area contributed by atoms with Crippen LogP contribution in [0, 0.1) is 5.92 Å². The van der Waals surface area contributed by atoms with Crippen molar-refractivity contribution >= 4 is 18.3 Å². The lowest BCUT2D eigenvalue weighted by molar-refractivity contribution is -0.147. The second kappa shape index (κ2) is 7.46. The molecule has 1 atom stereocenters. The molecule has 0 bridgehead atoms. The van der Waals surface area contributed by atoms with Gasteiger partial charge in [-0.1, -0.05) is 12.8 Å². The van der Waals surface area contributed by atoms with Crippen molar-refractivity contribution < 1.29 is 9.53 Å². The molecule has 0 radical (unpaired) electrons. The van der Waals surface area contributed by atoms with Crippen LogP contribution in [0.1, 0.15) is 45.4 Å². The average Bonchev–Trinajstić information content (AvgIpc) is 2.93. The van der Waals surface area contributed by atoms with Crippen LogP contribution in [0.2, 0.25) is 0 Å². The van der Waals surface area contributed by atoms with Crippen molar-refractivity contribution in [3.05, 3.63) is 0 Å². The van der Waals surface area contributed by atoms with Gasteiger partial charge in [-0.3, -0.25) is 4.79 Å². The summed E-state index contributed by atoms with van der Waals surface area (Å²) in [6.45, 7) is 3.86. The molecule has 2 fully saturated rings. The molecule has 19 heavy (non-hydrogen) atoms. The van der Waals surface area contributed by atoms with Gasteiger partial charge in [0.1, 0.15) is 5.60 Å². The lowest BCUT2D eigenvalue weighted by Crippen LogP contribution is -2.56. The molecule has 2 aliphatic rings. The maximum atomic E-state index is 12.5. The van der Waals surface area contributed by atoms with Gasteiger partial charge in [0.15, 0.2) is 0 Å². The predicted molar refractivity (Wildman–Crippen MR) is 78.7 cm³/mol. The fraction of sp³-hybridized carbons (Fsp3) is 0.929. The molecule has 1 saturated carbocycles. The molecule has 2 N–H and O–H groups in total. The van der Waals surface area contributed by atoms with Crippen molar-refractivity contribution in [1.29, 1.82) is 0 Å². The van der Waals surface area contributed by atoms with E-state index in [1.165, 1.54) is 25.7 Å². The number of carbonyl (C=O) groups is 1. The summed E-state index contributed by atoms with van der Waals surface area (Å²) in [5.41, 5.74) is -0.599. The van der Waals surface area contributed by atoms with Crippen LogP contribution in [0.4, 0.5) is 0 Å². The van der Waals surface area contributed by atoms with E-state index in [0.717, 1.165) is 25.9 Å². The molecule has 1 aliphatic carbocycles. The van der Waals surface area contributed by atoms with Gasteiger partial charge in [0, 0.05) is 13.2 Å². The molecule has 5 heteroatoms. The minimum Gasteiger partial charge on any atom is -0.368 e. The normalized spacial score (nSPS) is 24.5. The smallest absolute Gasteiger partial charge is 0.252 e. The quantitative estimate of drug-likeness (QED) is 0.831. The zero-order valence-corrected chi connectivity index (χ0v) is 12.9. The van der Waals surface area contributed by atoms with Gasteiger partial charge in [-0.05, 0) is 51.6 Å². The van der Waals surface area contributed by atoms with Gasteiger partial charge in [0.2, 0.25) is 0 Å². The summed E-state index contributed by atoms with van der Waals surface area (Å²) in [6, 6.07) is 0.280. The van der Waals surface area contributed by atoms with E-state index >= 15 is 0 Å². The average molecular weight is 291 g/mol. The molecule has 1 aliphatic heterocycles. The van der Waals surface area contributed by atoms with Crippen molar-refractivity contribution in [2.75, 3.05) is 20.2 Å². The van der Waals surface area contributed by atoms with Crippen LogP contribution in [0.3, 0.4) is 0 Å². The number of ether oxygens (including phenoxy) is 1. The number of methoxy groups -OCH3 is 1. The van der Waals surface area contributed by atoms with Gasteiger partial charge in [-0.2, -0.15) is 0 Å². The van der Waals surface area contributed by atoms with Gasteiger partial charge < -0.3 is 15.4 Å². The Morgan fingerprint density at radius 1 is 1.32 bits per heavy atom. The number of halogens is 1. The van der Waals surface area contributed by atoms with E-state index in [1.807, 2.05) is 0 Å². The van der Waals surface area contributed by atoms with Crippen molar-refractivity contribution in [2.24, 2.45) is 5.92 Å². The predicted octanol–water partition coefficient (Wildman–Crippen LogP) is 1.87. The van der Waals surface area contributed by atoms with Crippen molar-refractivity contribution in [2.45, 2.75) is 57.1 Å². The number of rotatable bonds is 4. The van der Waals surface area contributed by atoms with Gasteiger partial charge in [-0.15, -0.1) is 12.4 Å². The largest absolute Gasteiger partial charge is 0.368 e. The second-order valence-corrected chi connectivity index (χ2v) is 5.76.